The SMILES string of the molecule is CCCCCCCCn1c(-c2cc(F)cc(-c3nc4ccccc4n3CCCCCCCC)c2)nc2ccccc21. The lowest BCUT2D eigenvalue weighted by Gasteiger charge is -2.13. The van der Waals surface area contributed by atoms with Gasteiger partial charge in [-0.3, -0.25) is 0 Å². The third-order valence-corrected chi connectivity index (χ3v) is 8.19. The van der Waals surface area contributed by atoms with Crippen LogP contribution in [0.1, 0.15) is 90.9 Å². The molecule has 0 spiro atoms. The minimum atomic E-state index is -0.256. The molecular formula is C36H45FN4. The molecule has 4 nitrogen and oxygen atoms in total. The van der Waals surface area contributed by atoms with E-state index in [-0.39, 0.29) is 5.82 Å². The van der Waals surface area contributed by atoms with E-state index in [4.69, 9.17) is 9.97 Å². The molecule has 41 heavy (non-hydrogen) atoms. The molecule has 0 unspecified atom stereocenters. The van der Waals surface area contributed by atoms with Crippen LogP contribution in [-0.4, -0.2) is 19.1 Å². The number of aromatic nitrogens is 4. The van der Waals surface area contributed by atoms with Crippen molar-refractivity contribution in [3.8, 4) is 22.8 Å². The van der Waals surface area contributed by atoms with E-state index in [0.717, 1.165) is 70.8 Å². The lowest BCUT2D eigenvalue weighted by molar-refractivity contribution is 0.565. The Morgan fingerprint density at radius 3 is 1.41 bits per heavy atom. The fourth-order valence-electron chi connectivity index (χ4n) is 5.99. The van der Waals surface area contributed by atoms with Crippen LogP contribution in [0.25, 0.3) is 44.8 Å². The summed E-state index contributed by atoms with van der Waals surface area (Å²) in [4.78, 5) is 10.0. The number of para-hydroxylation sites is 4. The molecular weight excluding hydrogens is 507 g/mol. The van der Waals surface area contributed by atoms with Gasteiger partial charge in [-0.1, -0.05) is 102 Å². The summed E-state index contributed by atoms with van der Waals surface area (Å²) in [7, 11) is 0. The molecule has 0 atom stereocenters. The molecule has 0 aliphatic rings. The van der Waals surface area contributed by atoms with Crippen LogP contribution in [0.4, 0.5) is 4.39 Å². The van der Waals surface area contributed by atoms with Gasteiger partial charge in [-0.25, -0.2) is 14.4 Å². The monoisotopic (exact) mass is 552 g/mol. The highest BCUT2D eigenvalue weighted by Crippen LogP contribution is 2.32. The molecule has 0 amide bonds. The highest BCUT2D eigenvalue weighted by Gasteiger charge is 2.18. The minimum Gasteiger partial charge on any atom is -0.324 e. The summed E-state index contributed by atoms with van der Waals surface area (Å²) < 4.78 is 19.9. The summed E-state index contributed by atoms with van der Waals surface area (Å²) in [5.74, 6) is 1.41. The van der Waals surface area contributed by atoms with Gasteiger partial charge in [0.2, 0.25) is 0 Å². The van der Waals surface area contributed by atoms with Gasteiger partial charge < -0.3 is 9.13 Å². The fourth-order valence-corrected chi connectivity index (χ4v) is 5.99. The van der Waals surface area contributed by atoms with Crippen molar-refractivity contribution in [3.05, 3.63) is 72.5 Å². The highest BCUT2D eigenvalue weighted by atomic mass is 19.1. The predicted octanol–water partition coefficient (Wildman–Crippen LogP) is 10.6. The van der Waals surface area contributed by atoms with Crippen molar-refractivity contribution in [3.63, 3.8) is 0 Å². The number of rotatable bonds is 16. The van der Waals surface area contributed by atoms with E-state index in [9.17, 15) is 0 Å². The number of fused-ring (bicyclic) bond motifs is 2. The van der Waals surface area contributed by atoms with Crippen molar-refractivity contribution in [1.82, 2.24) is 19.1 Å². The normalized spacial score (nSPS) is 11.7. The first-order chi connectivity index (χ1) is 20.2. The zero-order chi connectivity index (χ0) is 28.4. The number of aryl methyl sites for hydroxylation is 2. The molecule has 0 aliphatic heterocycles. The molecule has 216 valence electrons. The summed E-state index contributed by atoms with van der Waals surface area (Å²) in [6.45, 7) is 6.26. The molecule has 0 N–H and O–H groups in total. The number of hydrogen-bond acceptors (Lipinski definition) is 2. The molecule has 5 rings (SSSR count). The van der Waals surface area contributed by atoms with Crippen molar-refractivity contribution in [2.45, 2.75) is 104 Å². The Balaban J connectivity index is 1.47. The fraction of sp³-hybridized carbons (Fsp3) is 0.444. The second kappa shape index (κ2) is 14.4. The smallest absolute Gasteiger partial charge is 0.141 e. The molecule has 3 aromatic carbocycles. The Labute approximate surface area is 244 Å². The molecule has 0 aliphatic carbocycles. The van der Waals surface area contributed by atoms with E-state index in [0.29, 0.717) is 0 Å². The van der Waals surface area contributed by atoms with Crippen LogP contribution in [-0.2, 0) is 13.1 Å². The van der Waals surface area contributed by atoms with Gasteiger partial charge >= 0.3 is 0 Å². The van der Waals surface area contributed by atoms with Crippen LogP contribution < -0.4 is 0 Å². The Kier molecular flexibility index (Phi) is 10.2. The van der Waals surface area contributed by atoms with E-state index in [1.165, 1.54) is 64.2 Å². The number of halogens is 1. The summed E-state index contributed by atoms with van der Waals surface area (Å²) in [5.41, 5.74) is 5.74. The van der Waals surface area contributed by atoms with Gasteiger partial charge in [0.15, 0.2) is 0 Å². The first kappa shape index (κ1) is 29.0. The summed E-state index contributed by atoms with van der Waals surface area (Å²) in [6, 6.07) is 21.9. The van der Waals surface area contributed by atoms with Gasteiger partial charge in [0.25, 0.3) is 0 Å². The Morgan fingerprint density at radius 1 is 0.537 bits per heavy atom. The molecule has 2 heterocycles. The molecule has 0 saturated carbocycles. The molecule has 5 heteroatoms. The van der Waals surface area contributed by atoms with E-state index in [2.05, 4.69) is 65.4 Å². The number of hydrogen-bond donors (Lipinski definition) is 0. The van der Waals surface area contributed by atoms with Crippen LogP contribution in [0.3, 0.4) is 0 Å². The standard InChI is InChI=1S/C36H45FN4/c1-3-5-7-9-11-17-23-40-33-21-15-13-19-31(33)38-35(40)28-25-29(27-30(37)26-28)36-39-32-20-14-16-22-34(32)41(36)24-18-12-10-8-6-4-2/h13-16,19-22,25-27H,3-12,17-18,23-24H2,1-2H3. The highest BCUT2D eigenvalue weighted by molar-refractivity contribution is 5.83. The van der Waals surface area contributed by atoms with Crippen LogP contribution in [0.2, 0.25) is 0 Å². The summed E-state index contributed by atoms with van der Waals surface area (Å²) in [6.07, 6.45) is 14.8. The van der Waals surface area contributed by atoms with Crippen molar-refractivity contribution in [1.29, 1.82) is 0 Å². The van der Waals surface area contributed by atoms with Gasteiger partial charge in [-0.15, -0.1) is 0 Å². The van der Waals surface area contributed by atoms with Crippen LogP contribution in [0.15, 0.2) is 66.7 Å². The third kappa shape index (κ3) is 7.06. The maximum Gasteiger partial charge on any atom is 0.141 e. The van der Waals surface area contributed by atoms with E-state index in [1.807, 2.05) is 12.1 Å². The lowest BCUT2D eigenvalue weighted by atomic mass is 10.1. The molecule has 2 aromatic heterocycles. The van der Waals surface area contributed by atoms with Gasteiger partial charge in [-0.2, -0.15) is 0 Å². The van der Waals surface area contributed by atoms with Crippen molar-refractivity contribution in [2.75, 3.05) is 0 Å². The van der Waals surface area contributed by atoms with Gasteiger partial charge in [-0.05, 0) is 55.3 Å². The Bertz CT molecular complexity index is 1430. The first-order valence-corrected chi connectivity index (χ1v) is 15.9. The average molecular weight is 553 g/mol. The van der Waals surface area contributed by atoms with Crippen molar-refractivity contribution in [2.24, 2.45) is 0 Å². The average Bonchev–Trinajstić information content (AvgIpc) is 3.55. The zero-order valence-corrected chi connectivity index (χ0v) is 24.9. The second-order valence-corrected chi connectivity index (χ2v) is 11.4. The maximum absolute atomic E-state index is 15.3. The quantitative estimate of drug-likeness (QED) is 0.114. The van der Waals surface area contributed by atoms with E-state index < -0.39 is 0 Å². The molecule has 0 fully saturated rings. The van der Waals surface area contributed by atoms with E-state index in [1.54, 1.807) is 12.1 Å². The van der Waals surface area contributed by atoms with Crippen LogP contribution >= 0.6 is 0 Å². The molecule has 0 saturated heterocycles. The van der Waals surface area contributed by atoms with Gasteiger partial charge in [0.1, 0.15) is 17.5 Å². The predicted molar refractivity (Wildman–Crippen MR) is 171 cm³/mol. The van der Waals surface area contributed by atoms with E-state index >= 15 is 4.39 Å². The van der Waals surface area contributed by atoms with Crippen molar-refractivity contribution < 1.29 is 4.39 Å². The number of imidazole rings is 2. The molecule has 5 aromatic rings. The minimum absolute atomic E-state index is 0.256. The number of benzene rings is 3. The first-order valence-electron chi connectivity index (χ1n) is 15.9. The summed E-state index contributed by atoms with van der Waals surface area (Å²) in [5, 5.41) is 0. The Hall–Kier alpha value is -3.47. The second-order valence-electron chi connectivity index (χ2n) is 11.4. The molecule has 0 radical (unpaired) electrons. The largest absolute Gasteiger partial charge is 0.324 e. The zero-order valence-electron chi connectivity index (χ0n) is 24.9. The molecule has 0 bridgehead atoms. The number of unbranched alkanes of at least 4 members (excludes halogenated alkanes) is 10. The summed E-state index contributed by atoms with van der Waals surface area (Å²) >= 11 is 0. The van der Waals surface area contributed by atoms with Crippen molar-refractivity contribution >= 4 is 22.1 Å². The third-order valence-electron chi connectivity index (χ3n) is 8.19. The maximum atomic E-state index is 15.3. The topological polar surface area (TPSA) is 35.6 Å². The van der Waals surface area contributed by atoms with Crippen LogP contribution in [0, 0.1) is 5.82 Å². The van der Waals surface area contributed by atoms with Crippen LogP contribution in [0.5, 0.6) is 0 Å². The lowest BCUT2D eigenvalue weighted by Crippen LogP contribution is -2.03. The van der Waals surface area contributed by atoms with Gasteiger partial charge in [0, 0.05) is 24.2 Å². The number of nitrogens with zero attached hydrogens (tertiary/aromatic N) is 4. The Morgan fingerprint density at radius 2 is 0.951 bits per heavy atom. The van der Waals surface area contributed by atoms with Gasteiger partial charge in [0.05, 0.1) is 22.1 Å².